The van der Waals surface area contributed by atoms with Gasteiger partial charge in [0.25, 0.3) is 0 Å². The van der Waals surface area contributed by atoms with Crippen molar-refractivity contribution in [3.8, 4) is 0 Å². The minimum Gasteiger partial charge on any atom is -0.472 e. The second kappa shape index (κ2) is 4.35. The lowest BCUT2D eigenvalue weighted by Gasteiger charge is -2.59. The summed E-state index contributed by atoms with van der Waals surface area (Å²) < 4.78 is 22.7. The Morgan fingerprint density at radius 1 is 1.12 bits per heavy atom. The molecule has 0 unspecified atom stereocenters. The van der Waals surface area contributed by atoms with Crippen LogP contribution >= 0.6 is 0 Å². The van der Waals surface area contributed by atoms with Gasteiger partial charge in [-0.2, -0.15) is 0 Å². The molecule has 3 saturated heterocycles. The predicted octanol–water partition coefficient (Wildman–Crippen LogP) is 2.77. The fourth-order valence-electron chi connectivity index (χ4n) is 7.00. The Labute approximate surface area is 151 Å². The number of fused-ring (bicyclic) bond motifs is 2. The average Bonchev–Trinajstić information content (AvgIpc) is 3.03. The van der Waals surface area contributed by atoms with Crippen molar-refractivity contribution >= 4 is 11.9 Å². The third kappa shape index (κ3) is 1.44. The molecule has 0 aromatic carbocycles. The Balaban J connectivity index is 1.46. The highest BCUT2D eigenvalue weighted by molar-refractivity contribution is 5.88. The van der Waals surface area contributed by atoms with E-state index in [1.54, 1.807) is 12.5 Å². The van der Waals surface area contributed by atoms with Gasteiger partial charge < -0.3 is 18.6 Å². The van der Waals surface area contributed by atoms with E-state index >= 15 is 0 Å². The molecule has 0 N–H and O–H groups in total. The van der Waals surface area contributed by atoms with Gasteiger partial charge in [0.2, 0.25) is 5.60 Å². The van der Waals surface area contributed by atoms with Crippen LogP contribution in [0.25, 0.3) is 0 Å². The number of hydrogen-bond acceptors (Lipinski definition) is 6. The minimum absolute atomic E-state index is 0.0124. The number of ether oxygens (including phenoxy) is 3. The summed E-state index contributed by atoms with van der Waals surface area (Å²) in [6.45, 7) is 4.36. The summed E-state index contributed by atoms with van der Waals surface area (Å²) in [6.07, 6.45) is 5.77. The molecule has 0 bridgehead atoms. The molecular weight excluding hydrogens is 336 g/mol. The van der Waals surface area contributed by atoms with Gasteiger partial charge in [0.1, 0.15) is 12.2 Å². The third-order valence-corrected chi connectivity index (χ3v) is 8.31. The predicted molar refractivity (Wildman–Crippen MR) is 86.7 cm³/mol. The number of furan rings is 1. The average molecular weight is 358 g/mol. The van der Waals surface area contributed by atoms with E-state index < -0.39 is 5.60 Å². The van der Waals surface area contributed by atoms with E-state index in [0.29, 0.717) is 6.42 Å². The topological polar surface area (TPSA) is 78.3 Å². The SMILES string of the molecule is C[C@]12C[C@H](c3ccoc3)OC(=O)[C@H]1C[C@H]1OC(=O)[C@@]34O[C@@H]3CC[C@H]2[C@]14C. The number of epoxide rings is 1. The van der Waals surface area contributed by atoms with Gasteiger partial charge >= 0.3 is 11.9 Å². The number of rotatable bonds is 1. The Bertz CT molecular complexity index is 816. The highest BCUT2D eigenvalue weighted by Crippen LogP contribution is 2.74. The van der Waals surface area contributed by atoms with Gasteiger partial charge in [-0.25, -0.2) is 4.79 Å². The molecule has 0 amide bonds. The second-order valence-corrected chi connectivity index (χ2v) is 9.13. The number of hydrogen-bond donors (Lipinski definition) is 0. The third-order valence-electron chi connectivity index (χ3n) is 8.31. The van der Waals surface area contributed by atoms with E-state index in [4.69, 9.17) is 18.6 Å². The molecule has 5 aliphatic rings. The largest absolute Gasteiger partial charge is 0.472 e. The summed E-state index contributed by atoms with van der Waals surface area (Å²) in [7, 11) is 0. The normalized spacial score (nSPS) is 53.8. The number of carbonyl (C=O) groups is 2. The van der Waals surface area contributed by atoms with Gasteiger partial charge in [0, 0.05) is 5.56 Å². The monoisotopic (exact) mass is 358 g/mol. The molecule has 2 saturated carbocycles. The standard InChI is InChI=1S/C20H22O6/c1-18-8-12(10-5-6-23-9-10)24-16(21)11(18)7-15-19(2)13(18)3-4-14-20(19,26-14)17(22)25-15/h5-6,9,11-15H,3-4,7-8H2,1-2H3/t11-,12-,13-,14-,15-,18+,19-,20+/m1/s1. The van der Waals surface area contributed by atoms with E-state index in [-0.39, 0.29) is 52.9 Å². The molecule has 1 aromatic rings. The molecule has 1 spiro atoms. The molecule has 2 aliphatic carbocycles. The maximum atomic E-state index is 12.9. The van der Waals surface area contributed by atoms with Crippen molar-refractivity contribution in [2.45, 2.75) is 63.4 Å². The van der Waals surface area contributed by atoms with Crippen molar-refractivity contribution in [3.63, 3.8) is 0 Å². The smallest absolute Gasteiger partial charge is 0.342 e. The first-order chi connectivity index (χ1) is 12.4. The molecule has 138 valence electrons. The van der Waals surface area contributed by atoms with E-state index in [1.165, 1.54) is 0 Å². The fourth-order valence-corrected chi connectivity index (χ4v) is 7.00. The van der Waals surface area contributed by atoms with E-state index in [9.17, 15) is 9.59 Å². The Kier molecular flexibility index (Phi) is 2.55. The zero-order valence-corrected chi connectivity index (χ0v) is 14.9. The van der Waals surface area contributed by atoms with Gasteiger partial charge in [-0.05, 0) is 43.1 Å². The van der Waals surface area contributed by atoms with Crippen LogP contribution < -0.4 is 0 Å². The van der Waals surface area contributed by atoms with Crippen LogP contribution in [0.1, 0.15) is 51.2 Å². The first-order valence-electron chi connectivity index (χ1n) is 9.53. The summed E-state index contributed by atoms with van der Waals surface area (Å²) >= 11 is 0. The molecule has 4 heterocycles. The minimum atomic E-state index is -0.777. The summed E-state index contributed by atoms with van der Waals surface area (Å²) in [5, 5.41) is 0. The van der Waals surface area contributed by atoms with Crippen LogP contribution in [0.5, 0.6) is 0 Å². The molecule has 0 radical (unpaired) electrons. The first kappa shape index (κ1) is 15.3. The Hall–Kier alpha value is -1.82. The second-order valence-electron chi connectivity index (χ2n) is 9.13. The molecule has 6 nitrogen and oxygen atoms in total. The highest BCUT2D eigenvalue weighted by Gasteiger charge is 2.86. The Morgan fingerprint density at radius 2 is 1.96 bits per heavy atom. The van der Waals surface area contributed by atoms with Crippen LogP contribution in [0, 0.1) is 22.7 Å². The maximum absolute atomic E-state index is 12.9. The molecule has 26 heavy (non-hydrogen) atoms. The zero-order chi connectivity index (χ0) is 17.9. The van der Waals surface area contributed by atoms with Crippen LogP contribution in [-0.4, -0.2) is 29.7 Å². The van der Waals surface area contributed by atoms with Crippen molar-refractivity contribution < 1.29 is 28.2 Å². The molecule has 6 heteroatoms. The van der Waals surface area contributed by atoms with E-state index in [2.05, 4.69) is 13.8 Å². The van der Waals surface area contributed by atoms with Crippen molar-refractivity contribution in [2.24, 2.45) is 22.7 Å². The van der Waals surface area contributed by atoms with Gasteiger partial charge in [0.05, 0.1) is 30.0 Å². The van der Waals surface area contributed by atoms with Crippen molar-refractivity contribution in [2.75, 3.05) is 0 Å². The van der Waals surface area contributed by atoms with Crippen molar-refractivity contribution in [3.05, 3.63) is 24.2 Å². The molecule has 8 atom stereocenters. The lowest BCUT2D eigenvalue weighted by molar-refractivity contribution is -0.206. The van der Waals surface area contributed by atoms with Gasteiger partial charge in [-0.1, -0.05) is 13.8 Å². The van der Waals surface area contributed by atoms with Crippen LogP contribution in [0.15, 0.2) is 23.0 Å². The first-order valence-corrected chi connectivity index (χ1v) is 9.53. The van der Waals surface area contributed by atoms with Crippen LogP contribution in [0.2, 0.25) is 0 Å². The number of carbonyl (C=O) groups excluding carboxylic acids is 2. The van der Waals surface area contributed by atoms with E-state index in [1.807, 2.05) is 6.07 Å². The summed E-state index contributed by atoms with van der Waals surface area (Å²) in [5.74, 6) is -0.456. The number of esters is 2. The lowest BCUT2D eigenvalue weighted by Crippen LogP contribution is -2.63. The van der Waals surface area contributed by atoms with Crippen LogP contribution in [-0.2, 0) is 23.8 Å². The zero-order valence-electron chi connectivity index (χ0n) is 14.9. The summed E-state index contributed by atoms with van der Waals surface area (Å²) in [6, 6.07) is 1.86. The van der Waals surface area contributed by atoms with Crippen molar-refractivity contribution in [1.29, 1.82) is 0 Å². The van der Waals surface area contributed by atoms with Crippen LogP contribution in [0.3, 0.4) is 0 Å². The van der Waals surface area contributed by atoms with Gasteiger partial charge in [-0.15, -0.1) is 0 Å². The molecule has 6 rings (SSSR count). The maximum Gasteiger partial charge on any atom is 0.342 e. The quantitative estimate of drug-likeness (QED) is 0.567. The molecular formula is C20H22O6. The highest BCUT2D eigenvalue weighted by atomic mass is 16.7. The number of cyclic esters (lactones) is 1. The molecule has 1 aromatic heterocycles. The van der Waals surface area contributed by atoms with Gasteiger partial charge in [-0.3, -0.25) is 4.79 Å². The van der Waals surface area contributed by atoms with Crippen molar-refractivity contribution in [1.82, 2.24) is 0 Å². The molecule has 3 aliphatic heterocycles. The summed E-state index contributed by atoms with van der Waals surface area (Å²) in [5.41, 5.74) is -0.492. The summed E-state index contributed by atoms with van der Waals surface area (Å²) in [4.78, 5) is 25.6. The van der Waals surface area contributed by atoms with E-state index in [0.717, 1.165) is 24.8 Å². The fraction of sp³-hybridized carbons (Fsp3) is 0.700. The molecule has 5 fully saturated rings. The lowest BCUT2D eigenvalue weighted by atomic mass is 9.43. The van der Waals surface area contributed by atoms with Gasteiger partial charge in [0.15, 0.2) is 0 Å². The van der Waals surface area contributed by atoms with Crippen LogP contribution in [0.4, 0.5) is 0 Å². The Morgan fingerprint density at radius 3 is 2.73 bits per heavy atom.